The second-order valence-corrected chi connectivity index (χ2v) is 6.75. The second-order valence-electron chi connectivity index (χ2n) is 4.76. The summed E-state index contributed by atoms with van der Waals surface area (Å²) in [5.41, 5.74) is 0.755. The molecule has 1 aromatic carbocycles. The average Bonchev–Trinajstić information content (AvgIpc) is 2.47. The fourth-order valence-corrected chi connectivity index (χ4v) is 3.61. The first-order chi connectivity index (χ1) is 9.43. The van der Waals surface area contributed by atoms with Gasteiger partial charge in [-0.2, -0.15) is 17.0 Å². The normalized spacial score (nSPS) is 19.2. The van der Waals surface area contributed by atoms with Gasteiger partial charge in [0, 0.05) is 26.2 Å². The number of rotatable bonds is 4. The lowest BCUT2D eigenvalue weighted by Crippen LogP contribution is -2.47. The first-order valence-corrected chi connectivity index (χ1v) is 7.89. The lowest BCUT2D eigenvalue weighted by molar-refractivity contribution is 0.0700. The topological polar surface area (TPSA) is 49.9 Å². The third kappa shape index (κ3) is 3.17. The van der Waals surface area contributed by atoms with Crippen LogP contribution in [0.5, 0.6) is 0 Å². The molecule has 1 aromatic rings. The molecular weight excluding hydrogens is 283 g/mol. The summed E-state index contributed by atoms with van der Waals surface area (Å²) in [6, 6.07) is 5.52. The van der Waals surface area contributed by atoms with E-state index in [2.05, 4.69) is 0 Å². The van der Waals surface area contributed by atoms with Gasteiger partial charge in [0.25, 0.3) is 10.2 Å². The van der Waals surface area contributed by atoms with Crippen LogP contribution in [0.1, 0.15) is 18.5 Å². The van der Waals surface area contributed by atoms with Gasteiger partial charge in [-0.1, -0.05) is 12.1 Å². The predicted octanol–water partition coefficient (Wildman–Crippen LogP) is 1.40. The maximum Gasteiger partial charge on any atom is 0.282 e. The fourth-order valence-electron chi connectivity index (χ4n) is 2.11. The van der Waals surface area contributed by atoms with Crippen LogP contribution in [-0.2, 0) is 14.9 Å². The van der Waals surface area contributed by atoms with E-state index in [1.54, 1.807) is 26.1 Å². The largest absolute Gasteiger partial charge is 0.379 e. The summed E-state index contributed by atoms with van der Waals surface area (Å²) in [5, 5.41) is 0. The molecule has 1 saturated heterocycles. The van der Waals surface area contributed by atoms with Gasteiger partial charge < -0.3 is 4.74 Å². The molecule has 2 rings (SSSR count). The molecule has 0 N–H and O–H groups in total. The highest BCUT2D eigenvalue weighted by molar-refractivity contribution is 7.86. The quantitative estimate of drug-likeness (QED) is 0.844. The van der Waals surface area contributed by atoms with Crippen molar-refractivity contribution in [1.29, 1.82) is 0 Å². The molecule has 7 heteroatoms. The SMILES string of the molecule is CC(c1ccc(F)cc1)N(C)S(=O)(=O)N1CCOCC1. The van der Waals surface area contributed by atoms with Gasteiger partial charge in [-0.25, -0.2) is 4.39 Å². The van der Waals surface area contributed by atoms with E-state index in [1.807, 2.05) is 0 Å². The number of benzene rings is 1. The van der Waals surface area contributed by atoms with E-state index in [0.29, 0.717) is 26.3 Å². The van der Waals surface area contributed by atoms with Gasteiger partial charge in [0.15, 0.2) is 0 Å². The van der Waals surface area contributed by atoms with Crippen molar-refractivity contribution in [3.05, 3.63) is 35.6 Å². The molecule has 112 valence electrons. The zero-order chi connectivity index (χ0) is 14.8. The number of hydrogen-bond acceptors (Lipinski definition) is 3. The van der Waals surface area contributed by atoms with Crippen molar-refractivity contribution in [2.75, 3.05) is 33.4 Å². The minimum atomic E-state index is -3.53. The van der Waals surface area contributed by atoms with Gasteiger partial charge in [-0.3, -0.25) is 0 Å². The van der Waals surface area contributed by atoms with E-state index in [4.69, 9.17) is 4.74 Å². The Kier molecular flexibility index (Phi) is 4.74. The Bertz CT molecular complexity index is 541. The molecule has 0 radical (unpaired) electrons. The number of ether oxygens (including phenoxy) is 1. The van der Waals surface area contributed by atoms with Gasteiger partial charge in [0.1, 0.15) is 5.82 Å². The molecule has 1 heterocycles. The Hall–Kier alpha value is -1.02. The van der Waals surface area contributed by atoms with E-state index in [9.17, 15) is 12.8 Å². The monoisotopic (exact) mass is 302 g/mol. The van der Waals surface area contributed by atoms with Gasteiger partial charge in [-0.05, 0) is 24.6 Å². The maximum absolute atomic E-state index is 12.9. The predicted molar refractivity (Wildman–Crippen MR) is 73.9 cm³/mol. The van der Waals surface area contributed by atoms with Crippen LogP contribution < -0.4 is 0 Å². The third-order valence-electron chi connectivity index (χ3n) is 3.56. The number of nitrogens with zero attached hydrogens (tertiary/aromatic N) is 2. The summed E-state index contributed by atoms with van der Waals surface area (Å²) in [6.07, 6.45) is 0. The smallest absolute Gasteiger partial charge is 0.282 e. The van der Waals surface area contributed by atoms with E-state index in [-0.39, 0.29) is 11.9 Å². The number of morpholine rings is 1. The van der Waals surface area contributed by atoms with Crippen LogP contribution in [0, 0.1) is 5.82 Å². The highest BCUT2D eigenvalue weighted by atomic mass is 32.2. The molecule has 1 aliphatic rings. The van der Waals surface area contributed by atoms with Crippen molar-refractivity contribution in [3.63, 3.8) is 0 Å². The molecule has 0 bridgehead atoms. The Morgan fingerprint density at radius 3 is 2.35 bits per heavy atom. The minimum Gasteiger partial charge on any atom is -0.379 e. The van der Waals surface area contributed by atoms with Crippen molar-refractivity contribution in [3.8, 4) is 0 Å². The highest BCUT2D eigenvalue weighted by Gasteiger charge is 2.31. The number of halogens is 1. The molecule has 0 aromatic heterocycles. The van der Waals surface area contributed by atoms with Crippen LogP contribution in [0.3, 0.4) is 0 Å². The standard InChI is InChI=1S/C13H19FN2O3S/c1-11(12-3-5-13(14)6-4-12)15(2)20(17,18)16-7-9-19-10-8-16/h3-6,11H,7-10H2,1-2H3. The van der Waals surface area contributed by atoms with Crippen LogP contribution in [-0.4, -0.2) is 50.4 Å². The van der Waals surface area contributed by atoms with E-state index in [1.165, 1.54) is 20.7 Å². The lowest BCUT2D eigenvalue weighted by Gasteiger charge is -2.33. The molecule has 5 nitrogen and oxygen atoms in total. The fraction of sp³-hybridized carbons (Fsp3) is 0.538. The van der Waals surface area contributed by atoms with Crippen molar-refractivity contribution in [2.45, 2.75) is 13.0 Å². The third-order valence-corrected chi connectivity index (χ3v) is 5.62. The highest BCUT2D eigenvalue weighted by Crippen LogP contribution is 2.23. The minimum absolute atomic E-state index is 0.334. The summed E-state index contributed by atoms with van der Waals surface area (Å²) in [4.78, 5) is 0. The Morgan fingerprint density at radius 1 is 1.25 bits per heavy atom. The van der Waals surface area contributed by atoms with E-state index in [0.717, 1.165) is 5.56 Å². The first kappa shape index (κ1) is 15.4. The molecule has 0 spiro atoms. The van der Waals surface area contributed by atoms with Gasteiger partial charge in [0.2, 0.25) is 0 Å². The summed E-state index contributed by atoms with van der Waals surface area (Å²) in [7, 11) is -1.99. The molecule has 0 saturated carbocycles. The Labute approximate surface area is 119 Å². The van der Waals surface area contributed by atoms with Crippen molar-refractivity contribution >= 4 is 10.2 Å². The van der Waals surface area contributed by atoms with E-state index >= 15 is 0 Å². The van der Waals surface area contributed by atoms with Crippen LogP contribution in [0.4, 0.5) is 4.39 Å². The zero-order valence-corrected chi connectivity index (χ0v) is 12.4. The summed E-state index contributed by atoms with van der Waals surface area (Å²) < 4.78 is 45.8. The number of hydrogen-bond donors (Lipinski definition) is 0. The summed E-state index contributed by atoms with van der Waals surface area (Å²) >= 11 is 0. The zero-order valence-electron chi connectivity index (χ0n) is 11.6. The molecular formula is C13H19FN2O3S. The molecule has 20 heavy (non-hydrogen) atoms. The average molecular weight is 302 g/mol. The van der Waals surface area contributed by atoms with Crippen LogP contribution in [0.15, 0.2) is 24.3 Å². The van der Waals surface area contributed by atoms with Crippen molar-refractivity contribution in [1.82, 2.24) is 8.61 Å². The lowest BCUT2D eigenvalue weighted by atomic mass is 10.1. The second kappa shape index (κ2) is 6.17. The maximum atomic E-state index is 12.9. The first-order valence-electron chi connectivity index (χ1n) is 6.49. The van der Waals surface area contributed by atoms with Gasteiger partial charge in [0.05, 0.1) is 13.2 Å². The van der Waals surface area contributed by atoms with Crippen LogP contribution >= 0.6 is 0 Å². The Morgan fingerprint density at radius 2 is 1.80 bits per heavy atom. The molecule has 1 fully saturated rings. The van der Waals surface area contributed by atoms with E-state index < -0.39 is 10.2 Å². The molecule has 1 unspecified atom stereocenters. The van der Waals surface area contributed by atoms with Gasteiger partial charge >= 0.3 is 0 Å². The van der Waals surface area contributed by atoms with Crippen LogP contribution in [0.25, 0.3) is 0 Å². The van der Waals surface area contributed by atoms with Crippen LogP contribution in [0.2, 0.25) is 0 Å². The van der Waals surface area contributed by atoms with Crippen molar-refractivity contribution in [2.24, 2.45) is 0 Å². The van der Waals surface area contributed by atoms with Gasteiger partial charge in [-0.15, -0.1) is 0 Å². The molecule has 1 atom stereocenters. The molecule has 1 aliphatic heterocycles. The van der Waals surface area contributed by atoms with Crippen molar-refractivity contribution < 1.29 is 17.5 Å². The Balaban J connectivity index is 2.16. The molecule has 0 amide bonds. The molecule has 0 aliphatic carbocycles. The summed E-state index contributed by atoms with van der Waals surface area (Å²) in [5.74, 6) is -0.334. The summed E-state index contributed by atoms with van der Waals surface area (Å²) in [6.45, 7) is 3.34.